The minimum absolute atomic E-state index is 0.0385. The van der Waals surface area contributed by atoms with Crippen molar-refractivity contribution in [3.05, 3.63) is 149 Å². The van der Waals surface area contributed by atoms with Gasteiger partial charge in [-0.05, 0) is 123 Å². The molecule has 10 nitrogen and oxygen atoms in total. The van der Waals surface area contributed by atoms with Gasteiger partial charge >= 0.3 is 11.9 Å². The lowest BCUT2D eigenvalue weighted by molar-refractivity contribution is -0.132. The molecule has 0 bridgehead atoms. The molecular formula is C42H33N3O7S2. The Morgan fingerprint density at radius 2 is 1.26 bits per heavy atom. The van der Waals surface area contributed by atoms with E-state index in [4.69, 9.17) is 13.3 Å². The number of aliphatic carboxylic acids is 1. The van der Waals surface area contributed by atoms with E-state index in [-0.39, 0.29) is 11.1 Å². The number of aromatic nitrogens is 2. The molecule has 0 saturated heterocycles. The normalized spacial score (nSPS) is 13.9. The third kappa shape index (κ3) is 7.80. The minimum atomic E-state index is -1.12. The summed E-state index contributed by atoms with van der Waals surface area (Å²) in [7, 11) is 0. The summed E-state index contributed by atoms with van der Waals surface area (Å²) < 4.78 is 18.4. The van der Waals surface area contributed by atoms with Crippen LogP contribution in [-0.4, -0.2) is 32.1 Å². The molecule has 270 valence electrons. The number of nitrogens with zero attached hydrogens (tertiary/aromatic N) is 2. The number of thiophene rings is 2. The second-order valence-corrected chi connectivity index (χ2v) is 14.4. The quantitative estimate of drug-likeness (QED) is 0.121. The molecule has 7 aromatic rings. The zero-order valence-corrected chi connectivity index (χ0v) is 30.9. The first-order valence-electron chi connectivity index (χ1n) is 16.8. The van der Waals surface area contributed by atoms with Crippen LogP contribution >= 0.6 is 22.7 Å². The molecule has 1 atom stereocenters. The smallest absolute Gasteiger partial charge is 0.335 e. The van der Waals surface area contributed by atoms with Gasteiger partial charge in [0.05, 0.1) is 44.0 Å². The molecule has 0 amide bonds. The zero-order valence-electron chi connectivity index (χ0n) is 29.3. The van der Waals surface area contributed by atoms with E-state index in [1.165, 1.54) is 46.7 Å². The molecule has 54 heavy (non-hydrogen) atoms. The number of furan rings is 3. The second-order valence-electron chi connectivity index (χ2n) is 12.0. The van der Waals surface area contributed by atoms with Gasteiger partial charge in [0, 0.05) is 22.1 Å². The Hall–Kier alpha value is -6.50. The standard InChI is InChI=1S/C38H25N3O7S2.C4H8/c1-20-2-9-35(49-20)32-7-5-30(47-32)28-3-4-29(46-28)31-6-8-33(48-31)36-11-10-34(50-36)21-12-14-39-24(16-21)26-18-23(38(44)45)19-27(41-26)25-17-22(37(42)43)13-15-40-25;1-3-4-2/h2-19,27,41H,1H3,(H,42,43)(H,44,45);3-4H,1-2H3/b;4-3-. The number of aryl methyl sites for hydroxylation is 1. The molecule has 7 aromatic heterocycles. The number of aromatic carboxylic acids is 1. The SMILES string of the molecule is C/C=C\C.Cc1ccc(-c2ccc(-c3ccc(-c4ccc(-c5ccc(-c6ccnc(C7=CC(C(=O)O)=CC(c8cc(C(=O)O)ccn8)N7)c6)s5)o4)o3)o2)s1. The summed E-state index contributed by atoms with van der Waals surface area (Å²) in [5, 5.41) is 22.5. The number of hydrogen-bond donors (Lipinski definition) is 3. The Bertz CT molecular complexity index is 2560. The summed E-state index contributed by atoms with van der Waals surface area (Å²) >= 11 is 3.21. The van der Waals surface area contributed by atoms with Crippen molar-refractivity contribution < 1.29 is 33.1 Å². The lowest BCUT2D eigenvalue weighted by Gasteiger charge is -2.23. The van der Waals surface area contributed by atoms with Crippen molar-refractivity contribution >= 4 is 40.3 Å². The van der Waals surface area contributed by atoms with E-state index in [1.54, 1.807) is 17.5 Å². The molecule has 0 aliphatic carbocycles. The molecular weight excluding hydrogens is 723 g/mol. The van der Waals surface area contributed by atoms with Crippen LogP contribution in [0.5, 0.6) is 0 Å². The molecule has 1 aliphatic heterocycles. The van der Waals surface area contributed by atoms with Crippen molar-refractivity contribution in [2.75, 3.05) is 0 Å². The van der Waals surface area contributed by atoms with Crippen LogP contribution in [-0.2, 0) is 4.79 Å². The Kier molecular flexibility index (Phi) is 10.4. The minimum Gasteiger partial charge on any atom is -0.478 e. The van der Waals surface area contributed by atoms with Gasteiger partial charge in [0.1, 0.15) is 11.5 Å². The molecule has 0 saturated carbocycles. The highest BCUT2D eigenvalue weighted by Crippen LogP contribution is 2.39. The third-order valence-electron chi connectivity index (χ3n) is 8.34. The Labute approximate surface area is 318 Å². The predicted octanol–water partition coefficient (Wildman–Crippen LogP) is 11.0. The Morgan fingerprint density at radius 3 is 1.85 bits per heavy atom. The van der Waals surface area contributed by atoms with Crippen molar-refractivity contribution in [2.45, 2.75) is 26.8 Å². The molecule has 1 unspecified atom stereocenters. The van der Waals surface area contributed by atoms with Crippen LogP contribution in [0.4, 0.5) is 0 Å². The van der Waals surface area contributed by atoms with Crippen LogP contribution in [0.15, 0.2) is 140 Å². The number of carbonyl (C=O) groups is 2. The van der Waals surface area contributed by atoms with Gasteiger partial charge in [0.15, 0.2) is 23.0 Å². The number of rotatable bonds is 9. The van der Waals surface area contributed by atoms with Crippen molar-refractivity contribution in [3.8, 4) is 54.8 Å². The van der Waals surface area contributed by atoms with Crippen LogP contribution < -0.4 is 5.32 Å². The second kappa shape index (κ2) is 15.6. The van der Waals surface area contributed by atoms with Crippen LogP contribution in [0.1, 0.15) is 46.5 Å². The summed E-state index contributed by atoms with van der Waals surface area (Å²) in [6.45, 7) is 6.06. The van der Waals surface area contributed by atoms with Gasteiger partial charge < -0.3 is 28.8 Å². The summed E-state index contributed by atoms with van der Waals surface area (Å²) in [5.41, 5.74) is 2.33. The van der Waals surface area contributed by atoms with Crippen LogP contribution in [0.25, 0.3) is 60.5 Å². The maximum Gasteiger partial charge on any atom is 0.335 e. The molecule has 0 aromatic carbocycles. The zero-order chi connectivity index (χ0) is 37.8. The monoisotopic (exact) mass is 755 g/mol. The summed E-state index contributed by atoms with van der Waals surface area (Å²) in [5.74, 6) is 1.67. The molecule has 3 N–H and O–H groups in total. The maximum atomic E-state index is 12.0. The first kappa shape index (κ1) is 35.9. The molecule has 8 rings (SSSR count). The molecule has 8 heterocycles. The molecule has 0 fully saturated rings. The average Bonchev–Trinajstić information content (AvgIpc) is 4.04. The molecule has 1 aliphatic rings. The van der Waals surface area contributed by atoms with Crippen molar-refractivity contribution in [2.24, 2.45) is 0 Å². The average molecular weight is 756 g/mol. The number of nitrogens with one attached hydrogen (secondary N) is 1. The third-order valence-corrected chi connectivity index (χ3v) is 10.5. The van der Waals surface area contributed by atoms with Crippen molar-refractivity contribution in [1.82, 2.24) is 15.3 Å². The van der Waals surface area contributed by atoms with Gasteiger partial charge in [-0.1, -0.05) is 12.2 Å². The number of carboxylic acids is 2. The van der Waals surface area contributed by atoms with E-state index in [2.05, 4.69) is 28.3 Å². The molecule has 0 radical (unpaired) electrons. The fourth-order valence-electron chi connectivity index (χ4n) is 5.56. The lowest BCUT2D eigenvalue weighted by Crippen LogP contribution is -2.25. The predicted molar refractivity (Wildman–Crippen MR) is 210 cm³/mol. The fourth-order valence-corrected chi connectivity index (χ4v) is 7.35. The van der Waals surface area contributed by atoms with Crippen LogP contribution in [0, 0.1) is 6.92 Å². The number of pyridine rings is 2. The van der Waals surface area contributed by atoms with E-state index in [0.29, 0.717) is 45.9 Å². The van der Waals surface area contributed by atoms with E-state index >= 15 is 0 Å². The van der Waals surface area contributed by atoms with Gasteiger partial charge in [-0.3, -0.25) is 9.97 Å². The van der Waals surface area contributed by atoms with Gasteiger partial charge in [0.25, 0.3) is 0 Å². The summed E-state index contributed by atoms with van der Waals surface area (Å²) in [6.07, 6.45) is 10.0. The number of dihydropyridines is 1. The maximum absolute atomic E-state index is 12.0. The van der Waals surface area contributed by atoms with Crippen LogP contribution in [0.3, 0.4) is 0 Å². The highest BCUT2D eigenvalue weighted by atomic mass is 32.1. The lowest BCUT2D eigenvalue weighted by atomic mass is 10.00. The number of allylic oxidation sites excluding steroid dienone is 2. The van der Waals surface area contributed by atoms with Crippen molar-refractivity contribution in [3.63, 3.8) is 0 Å². The summed E-state index contributed by atoms with van der Waals surface area (Å²) in [4.78, 5) is 36.5. The van der Waals surface area contributed by atoms with E-state index in [9.17, 15) is 19.8 Å². The van der Waals surface area contributed by atoms with Gasteiger partial charge in [-0.25, -0.2) is 9.59 Å². The molecule has 12 heteroatoms. The largest absolute Gasteiger partial charge is 0.478 e. The Morgan fingerprint density at radius 1 is 0.685 bits per heavy atom. The number of hydrogen-bond acceptors (Lipinski definition) is 10. The highest BCUT2D eigenvalue weighted by molar-refractivity contribution is 7.18. The highest BCUT2D eigenvalue weighted by Gasteiger charge is 2.23. The van der Waals surface area contributed by atoms with Gasteiger partial charge in [-0.2, -0.15) is 0 Å². The van der Waals surface area contributed by atoms with E-state index < -0.39 is 18.0 Å². The topological polar surface area (TPSA) is 152 Å². The Balaban J connectivity index is 0.00000107. The van der Waals surface area contributed by atoms with Crippen LogP contribution in [0.2, 0.25) is 0 Å². The fraction of sp³-hybridized carbons (Fsp3) is 0.0952. The first-order valence-corrected chi connectivity index (χ1v) is 18.5. The van der Waals surface area contributed by atoms with E-state index in [1.807, 2.05) is 92.7 Å². The van der Waals surface area contributed by atoms with Crippen molar-refractivity contribution in [1.29, 1.82) is 0 Å². The van der Waals surface area contributed by atoms with Gasteiger partial charge in [-0.15, -0.1) is 22.7 Å². The van der Waals surface area contributed by atoms with E-state index in [0.717, 1.165) is 26.0 Å². The summed E-state index contributed by atoms with van der Waals surface area (Å²) in [6, 6.07) is 25.3. The van der Waals surface area contributed by atoms with Gasteiger partial charge in [0.2, 0.25) is 0 Å². The first-order chi connectivity index (χ1) is 26.2. The molecule has 0 spiro atoms. The number of carboxylic acid groups (broad SMARTS) is 2.